The fourth-order valence-corrected chi connectivity index (χ4v) is 6.49. The van der Waals surface area contributed by atoms with Crippen molar-refractivity contribution in [1.82, 2.24) is 20.0 Å². The molecule has 8 N–H and O–H groups in total. The van der Waals surface area contributed by atoms with Gasteiger partial charge in [0.05, 0.1) is 31.6 Å². The standard InChI is InChI=1S/C25H37N6O9PS/c1-24(2,13-32)22(35)42-10-9-38-41(37,28-11-15-7-5-4-6-8-15)39-12-16-18(33)25(3,36)21(40-16)31-14-27-17-19(31)29-23(26)30-20(17)34/h4-8,14,16,18,21,23,29,32-33,36H,9-13,26H2,1-3H3,(H,28,37)(H,30,34)/t16-,18-,21-,23?,25-,41?/m1/s1. The molecule has 0 spiro atoms. The molecule has 1 saturated heterocycles. The third kappa shape index (κ3) is 7.22. The van der Waals surface area contributed by atoms with Gasteiger partial charge in [-0.2, -0.15) is 0 Å². The average molecular weight is 629 g/mol. The molecule has 2 aromatic rings. The molecule has 232 valence electrons. The number of anilines is 1. The minimum absolute atomic E-state index is 0.0343. The minimum Gasteiger partial charge on any atom is -0.395 e. The summed E-state index contributed by atoms with van der Waals surface area (Å²) < 4.78 is 32.3. The van der Waals surface area contributed by atoms with Gasteiger partial charge in [-0.3, -0.25) is 28.9 Å². The fourth-order valence-electron chi connectivity index (χ4n) is 4.25. The maximum atomic E-state index is 13.7. The van der Waals surface area contributed by atoms with Crippen molar-refractivity contribution >= 4 is 36.3 Å². The molecule has 1 aromatic heterocycles. The molecule has 2 aliphatic rings. The summed E-state index contributed by atoms with van der Waals surface area (Å²) in [5.41, 5.74) is 3.84. The van der Waals surface area contributed by atoms with Crippen LogP contribution in [0.4, 0.5) is 5.82 Å². The van der Waals surface area contributed by atoms with Crippen molar-refractivity contribution < 1.29 is 43.3 Å². The molecule has 6 atom stereocenters. The van der Waals surface area contributed by atoms with Crippen molar-refractivity contribution in [3.63, 3.8) is 0 Å². The number of nitrogens with one attached hydrogen (secondary N) is 3. The van der Waals surface area contributed by atoms with Crippen LogP contribution in [0.25, 0.3) is 0 Å². The molecule has 42 heavy (non-hydrogen) atoms. The van der Waals surface area contributed by atoms with E-state index in [1.54, 1.807) is 13.8 Å². The lowest BCUT2D eigenvalue weighted by Gasteiger charge is -2.30. The Morgan fingerprint density at radius 2 is 2.02 bits per heavy atom. The number of rotatable bonds is 13. The first-order valence-electron chi connectivity index (χ1n) is 13.2. The summed E-state index contributed by atoms with van der Waals surface area (Å²) in [7, 11) is -4.03. The summed E-state index contributed by atoms with van der Waals surface area (Å²) >= 11 is 0.939. The van der Waals surface area contributed by atoms with Crippen molar-refractivity contribution in [2.45, 2.75) is 57.6 Å². The number of ether oxygens (including phenoxy) is 1. The molecule has 2 unspecified atom stereocenters. The number of nitrogens with two attached hydrogens (primary N) is 1. The van der Waals surface area contributed by atoms with E-state index < -0.39 is 56.0 Å². The number of imidazole rings is 1. The smallest absolute Gasteiger partial charge is 0.395 e. The van der Waals surface area contributed by atoms with Gasteiger partial charge in [-0.1, -0.05) is 42.1 Å². The van der Waals surface area contributed by atoms with Gasteiger partial charge in [-0.05, 0) is 26.3 Å². The van der Waals surface area contributed by atoms with Crippen LogP contribution >= 0.6 is 19.5 Å². The molecule has 1 amide bonds. The second kappa shape index (κ2) is 13.1. The van der Waals surface area contributed by atoms with Crippen LogP contribution in [0, 0.1) is 5.41 Å². The van der Waals surface area contributed by atoms with Crippen LogP contribution in [0.1, 0.15) is 43.1 Å². The number of fused-ring (bicyclic) bond motifs is 1. The molecule has 0 saturated carbocycles. The molecule has 2 aliphatic heterocycles. The van der Waals surface area contributed by atoms with Gasteiger partial charge in [-0.15, -0.1) is 0 Å². The summed E-state index contributed by atoms with van der Waals surface area (Å²) in [4.78, 5) is 28.6. The maximum absolute atomic E-state index is 13.7. The summed E-state index contributed by atoms with van der Waals surface area (Å²) in [5.74, 6) is -0.174. The summed E-state index contributed by atoms with van der Waals surface area (Å²) in [6.07, 6.45) is -3.50. The van der Waals surface area contributed by atoms with Crippen molar-refractivity contribution in [1.29, 1.82) is 0 Å². The zero-order valence-electron chi connectivity index (χ0n) is 23.4. The number of thioether (sulfide) groups is 1. The number of hydrogen-bond donors (Lipinski definition) is 7. The van der Waals surface area contributed by atoms with Gasteiger partial charge in [0.2, 0.25) is 0 Å². The number of hydrogen-bond acceptors (Lipinski definition) is 13. The van der Waals surface area contributed by atoms with Crippen LogP contribution in [-0.2, 0) is 29.7 Å². The van der Waals surface area contributed by atoms with E-state index in [2.05, 4.69) is 20.7 Å². The number of carbonyl (C=O) groups excluding carboxylic acids is 2. The highest BCUT2D eigenvalue weighted by molar-refractivity contribution is 8.13. The van der Waals surface area contributed by atoms with Gasteiger partial charge in [0.25, 0.3) is 5.91 Å². The molecule has 0 radical (unpaired) electrons. The van der Waals surface area contributed by atoms with Crippen LogP contribution in [0.5, 0.6) is 0 Å². The second-order valence-corrected chi connectivity index (χ2v) is 13.7. The maximum Gasteiger partial charge on any atom is 0.405 e. The Labute approximate surface area is 247 Å². The SMILES string of the molecule is CC(C)(CO)C(=O)SCCOP(=O)(NCc1ccccc1)OC[C@H]1O[C@@H](n2cnc3c2NC(N)NC3=O)[C@](C)(O)[C@@H]1O. The van der Waals surface area contributed by atoms with Crippen LogP contribution in [0.3, 0.4) is 0 Å². The highest BCUT2D eigenvalue weighted by atomic mass is 32.2. The molecule has 4 rings (SSSR count). The number of amides is 1. The predicted molar refractivity (Wildman–Crippen MR) is 153 cm³/mol. The van der Waals surface area contributed by atoms with Gasteiger partial charge in [-0.25, -0.2) is 14.6 Å². The van der Waals surface area contributed by atoms with Crippen LogP contribution in [-0.4, -0.2) is 85.6 Å². The molecule has 1 aromatic carbocycles. The highest BCUT2D eigenvalue weighted by Gasteiger charge is 2.54. The molecule has 3 heterocycles. The average Bonchev–Trinajstić information content (AvgIpc) is 3.47. The summed E-state index contributed by atoms with van der Waals surface area (Å²) in [5, 5.41) is 39.4. The van der Waals surface area contributed by atoms with E-state index in [1.165, 1.54) is 17.8 Å². The largest absolute Gasteiger partial charge is 0.405 e. The fraction of sp³-hybridized carbons (Fsp3) is 0.560. The second-order valence-electron chi connectivity index (χ2n) is 10.8. The van der Waals surface area contributed by atoms with Crippen LogP contribution in [0.2, 0.25) is 0 Å². The minimum atomic E-state index is -4.03. The number of aromatic nitrogens is 2. The third-order valence-electron chi connectivity index (χ3n) is 6.85. The number of benzene rings is 1. The molecular formula is C25H37N6O9PS. The zero-order valence-corrected chi connectivity index (χ0v) is 25.1. The first kappa shape index (κ1) is 32.5. The zero-order chi connectivity index (χ0) is 30.7. The molecule has 1 fully saturated rings. The number of nitrogens with zero attached hydrogens (tertiary/aromatic N) is 2. The van der Waals surface area contributed by atoms with E-state index in [-0.39, 0.29) is 42.1 Å². The van der Waals surface area contributed by atoms with Crippen molar-refractivity contribution in [2.75, 3.05) is 30.9 Å². The van der Waals surface area contributed by atoms with Crippen LogP contribution in [0.15, 0.2) is 36.7 Å². The molecule has 0 aliphatic carbocycles. The molecule has 17 heteroatoms. The lowest BCUT2D eigenvalue weighted by Crippen LogP contribution is -2.51. The van der Waals surface area contributed by atoms with Gasteiger partial charge >= 0.3 is 7.75 Å². The van der Waals surface area contributed by atoms with Crippen molar-refractivity contribution in [3.8, 4) is 0 Å². The van der Waals surface area contributed by atoms with E-state index in [9.17, 15) is 29.5 Å². The first-order chi connectivity index (χ1) is 19.8. The van der Waals surface area contributed by atoms with Crippen LogP contribution < -0.4 is 21.5 Å². The third-order valence-corrected chi connectivity index (χ3v) is 9.59. The van der Waals surface area contributed by atoms with E-state index in [4.69, 9.17) is 19.5 Å². The monoisotopic (exact) mass is 628 g/mol. The number of carbonyl (C=O) groups is 2. The van der Waals surface area contributed by atoms with E-state index in [0.717, 1.165) is 17.3 Å². The van der Waals surface area contributed by atoms with Gasteiger partial charge in [0.15, 0.2) is 23.3 Å². The van der Waals surface area contributed by atoms with E-state index >= 15 is 0 Å². The molecule has 15 nitrogen and oxygen atoms in total. The van der Waals surface area contributed by atoms with Crippen molar-refractivity contribution in [2.24, 2.45) is 11.1 Å². The number of aliphatic hydroxyl groups is 3. The lowest BCUT2D eigenvalue weighted by molar-refractivity contribution is -0.119. The van der Waals surface area contributed by atoms with Gasteiger partial charge in [0.1, 0.15) is 23.6 Å². The summed E-state index contributed by atoms with van der Waals surface area (Å²) in [6, 6.07) is 9.12. The van der Waals surface area contributed by atoms with Crippen molar-refractivity contribution in [3.05, 3.63) is 47.9 Å². The molecular weight excluding hydrogens is 591 g/mol. The topological polar surface area (TPSA) is 220 Å². The van der Waals surface area contributed by atoms with E-state index in [1.807, 2.05) is 30.3 Å². The predicted octanol–water partition coefficient (Wildman–Crippen LogP) is 0.499. The lowest BCUT2D eigenvalue weighted by atomic mass is 9.96. The van der Waals surface area contributed by atoms with Gasteiger partial charge < -0.3 is 30.7 Å². The normalized spacial score (nSPS) is 27.2. The summed E-state index contributed by atoms with van der Waals surface area (Å²) in [6.45, 7) is 3.83. The first-order valence-corrected chi connectivity index (χ1v) is 15.7. The Hall–Kier alpha value is -2.37. The van der Waals surface area contributed by atoms with E-state index in [0.29, 0.717) is 0 Å². The Kier molecular flexibility index (Phi) is 10.1. The van der Waals surface area contributed by atoms with Gasteiger partial charge in [0, 0.05) is 12.3 Å². The Bertz CT molecular complexity index is 1310. The quantitative estimate of drug-likeness (QED) is 0.119. The Morgan fingerprint density at radius 3 is 2.71 bits per heavy atom. The highest BCUT2D eigenvalue weighted by Crippen LogP contribution is 2.47. The number of aliphatic hydroxyl groups excluding tert-OH is 2. The Balaban J connectivity index is 1.44. The Morgan fingerprint density at radius 1 is 1.31 bits per heavy atom. The molecule has 0 bridgehead atoms.